The molecule has 0 aliphatic heterocycles. The Hall–Kier alpha value is -2.00. The Morgan fingerprint density at radius 2 is 0.939 bits per heavy atom. The van der Waals surface area contributed by atoms with Crippen molar-refractivity contribution in [3.63, 3.8) is 0 Å². The number of nitrogens with zero attached hydrogens (tertiary/aromatic N) is 1. The van der Waals surface area contributed by atoms with Gasteiger partial charge in [0, 0.05) is 18.1 Å². The second-order valence-electron chi connectivity index (χ2n) is 10.5. The zero-order valence-corrected chi connectivity index (χ0v) is 20.1. The molecule has 0 heterocycles. The second kappa shape index (κ2) is 11.4. The quantitative estimate of drug-likeness (QED) is 0.441. The van der Waals surface area contributed by atoms with Crippen molar-refractivity contribution in [1.82, 2.24) is 4.90 Å². The molecule has 33 heavy (non-hydrogen) atoms. The topological polar surface area (TPSA) is 21.7 Å². The molecule has 3 aliphatic rings. The van der Waals surface area contributed by atoms with E-state index in [2.05, 4.69) is 65.6 Å². The number of hydrogen-bond donors (Lipinski definition) is 0. The summed E-state index contributed by atoms with van der Waals surface area (Å²) in [6, 6.07) is 22.9. The predicted molar refractivity (Wildman–Crippen MR) is 135 cm³/mol. The molecule has 178 valence electrons. The van der Waals surface area contributed by atoms with Gasteiger partial charge in [-0.15, -0.1) is 0 Å². The fourth-order valence-corrected chi connectivity index (χ4v) is 6.60. The Labute approximate surface area is 200 Å². The molecule has 0 radical (unpaired) electrons. The maximum absolute atomic E-state index is 6.40. The molecule has 2 aromatic carbocycles. The van der Waals surface area contributed by atoms with Crippen LogP contribution in [0.4, 0.5) is 0 Å². The smallest absolute Gasteiger partial charge is 0.119 e. The summed E-state index contributed by atoms with van der Waals surface area (Å²) in [5.41, 5.74) is 0. The van der Waals surface area contributed by atoms with Crippen LogP contribution in [0.15, 0.2) is 60.7 Å². The molecule has 4 unspecified atom stereocenters. The maximum Gasteiger partial charge on any atom is 0.119 e. The molecule has 0 amide bonds. The first-order valence-corrected chi connectivity index (χ1v) is 13.6. The van der Waals surface area contributed by atoms with E-state index in [1.165, 1.54) is 83.5 Å². The molecule has 3 fully saturated rings. The van der Waals surface area contributed by atoms with E-state index in [4.69, 9.17) is 9.47 Å². The molecule has 3 heteroatoms. The van der Waals surface area contributed by atoms with E-state index in [1.807, 2.05) is 0 Å². The monoisotopic (exact) mass is 447 g/mol. The van der Waals surface area contributed by atoms with Crippen LogP contribution in [-0.4, -0.2) is 35.2 Å². The van der Waals surface area contributed by atoms with Crippen LogP contribution in [0.25, 0.3) is 0 Å². The molecule has 3 saturated carbocycles. The van der Waals surface area contributed by atoms with Gasteiger partial charge in [0.2, 0.25) is 0 Å². The average molecular weight is 448 g/mol. The zero-order chi connectivity index (χ0) is 22.3. The minimum Gasteiger partial charge on any atom is -0.490 e. The Bertz CT molecular complexity index is 758. The van der Waals surface area contributed by atoms with Crippen molar-refractivity contribution in [3.8, 4) is 11.5 Å². The fraction of sp³-hybridized carbons (Fsp3) is 0.600. The highest BCUT2D eigenvalue weighted by Crippen LogP contribution is 2.38. The number of ether oxygens (including phenoxy) is 2. The van der Waals surface area contributed by atoms with Gasteiger partial charge in [-0.3, -0.25) is 4.90 Å². The normalized spacial score (nSPS) is 29.0. The van der Waals surface area contributed by atoms with Crippen molar-refractivity contribution >= 4 is 0 Å². The van der Waals surface area contributed by atoms with E-state index in [9.17, 15) is 0 Å². The standard InChI is InChI=1S/C30H41NO2/c1-2-6-12-24(13-7-3-1)31(25-18-20-29(22-25)32-27-14-8-4-9-15-27)26-19-21-30(23-26)33-28-16-10-5-11-17-28/h4-5,8-11,14-17,24-26,29-30H,1-3,6-7,12-13,18-23H2. The highest BCUT2D eigenvalue weighted by atomic mass is 16.5. The lowest BCUT2D eigenvalue weighted by atomic mass is 9.92. The fourth-order valence-electron chi connectivity index (χ4n) is 6.60. The third-order valence-electron chi connectivity index (χ3n) is 8.15. The van der Waals surface area contributed by atoms with Crippen molar-refractivity contribution < 1.29 is 9.47 Å². The minimum atomic E-state index is 0.353. The van der Waals surface area contributed by atoms with Crippen molar-refractivity contribution in [2.24, 2.45) is 0 Å². The van der Waals surface area contributed by atoms with Crippen molar-refractivity contribution in [2.45, 2.75) is 114 Å². The SMILES string of the molecule is c1ccc(OC2CCC(N(C3CCCCCCC3)C3CCC(Oc4ccccc4)C3)C2)cc1. The molecule has 0 aromatic heterocycles. The van der Waals surface area contributed by atoms with E-state index in [-0.39, 0.29) is 0 Å². The van der Waals surface area contributed by atoms with Gasteiger partial charge >= 0.3 is 0 Å². The van der Waals surface area contributed by atoms with Crippen LogP contribution in [0.5, 0.6) is 11.5 Å². The first-order valence-electron chi connectivity index (χ1n) is 13.6. The van der Waals surface area contributed by atoms with Crippen LogP contribution in [0.3, 0.4) is 0 Å². The van der Waals surface area contributed by atoms with E-state index in [0.29, 0.717) is 24.3 Å². The third-order valence-corrected chi connectivity index (χ3v) is 8.15. The van der Waals surface area contributed by atoms with Gasteiger partial charge in [-0.25, -0.2) is 0 Å². The van der Waals surface area contributed by atoms with Crippen LogP contribution in [-0.2, 0) is 0 Å². The minimum absolute atomic E-state index is 0.353. The van der Waals surface area contributed by atoms with Crippen molar-refractivity contribution in [3.05, 3.63) is 60.7 Å². The maximum atomic E-state index is 6.40. The summed E-state index contributed by atoms with van der Waals surface area (Å²) in [5.74, 6) is 2.05. The van der Waals surface area contributed by atoms with Crippen LogP contribution in [0.2, 0.25) is 0 Å². The Morgan fingerprint density at radius 1 is 0.485 bits per heavy atom. The van der Waals surface area contributed by atoms with E-state index < -0.39 is 0 Å². The first-order chi connectivity index (χ1) is 16.3. The van der Waals surface area contributed by atoms with Crippen LogP contribution >= 0.6 is 0 Å². The molecule has 0 saturated heterocycles. The molecular formula is C30H41NO2. The van der Waals surface area contributed by atoms with Gasteiger partial charge in [-0.1, -0.05) is 68.5 Å². The van der Waals surface area contributed by atoms with Crippen molar-refractivity contribution in [2.75, 3.05) is 0 Å². The lowest BCUT2D eigenvalue weighted by Gasteiger charge is -2.42. The van der Waals surface area contributed by atoms with Crippen LogP contribution < -0.4 is 9.47 Å². The molecule has 3 nitrogen and oxygen atoms in total. The lowest BCUT2D eigenvalue weighted by molar-refractivity contribution is 0.0541. The molecule has 0 spiro atoms. The van der Waals surface area contributed by atoms with Gasteiger partial charge in [0.15, 0.2) is 0 Å². The summed E-state index contributed by atoms with van der Waals surface area (Å²) in [6.45, 7) is 0. The number of rotatable bonds is 7. The molecule has 0 bridgehead atoms. The summed E-state index contributed by atoms with van der Waals surface area (Å²) in [7, 11) is 0. The molecule has 5 rings (SSSR count). The molecule has 0 N–H and O–H groups in total. The summed E-state index contributed by atoms with van der Waals surface area (Å²) in [4.78, 5) is 2.99. The van der Waals surface area contributed by atoms with Crippen LogP contribution in [0.1, 0.15) is 83.5 Å². The summed E-state index contributed by atoms with van der Waals surface area (Å²) < 4.78 is 12.8. The number of para-hydroxylation sites is 2. The summed E-state index contributed by atoms with van der Waals surface area (Å²) in [6.07, 6.45) is 17.8. The van der Waals surface area contributed by atoms with E-state index >= 15 is 0 Å². The molecule has 3 aliphatic carbocycles. The lowest BCUT2D eigenvalue weighted by Crippen LogP contribution is -2.48. The zero-order valence-electron chi connectivity index (χ0n) is 20.1. The van der Waals surface area contributed by atoms with Gasteiger partial charge in [-0.05, 0) is 75.6 Å². The van der Waals surface area contributed by atoms with Gasteiger partial charge in [0.05, 0.1) is 0 Å². The Kier molecular flexibility index (Phi) is 7.88. The summed E-state index contributed by atoms with van der Waals surface area (Å²) in [5, 5.41) is 0. The van der Waals surface area contributed by atoms with E-state index in [0.717, 1.165) is 17.5 Å². The highest BCUT2D eigenvalue weighted by molar-refractivity contribution is 5.22. The predicted octanol–water partition coefficient (Wildman–Crippen LogP) is 7.40. The van der Waals surface area contributed by atoms with Gasteiger partial charge in [0.25, 0.3) is 0 Å². The Morgan fingerprint density at radius 3 is 1.42 bits per heavy atom. The highest BCUT2D eigenvalue weighted by Gasteiger charge is 2.41. The van der Waals surface area contributed by atoms with Crippen LogP contribution in [0, 0.1) is 0 Å². The first kappa shape index (κ1) is 22.8. The molecule has 2 aromatic rings. The van der Waals surface area contributed by atoms with Gasteiger partial charge in [0.1, 0.15) is 23.7 Å². The third kappa shape index (κ3) is 6.12. The van der Waals surface area contributed by atoms with E-state index in [1.54, 1.807) is 0 Å². The van der Waals surface area contributed by atoms with Crippen molar-refractivity contribution in [1.29, 1.82) is 0 Å². The molecule has 4 atom stereocenters. The Balaban J connectivity index is 1.26. The van der Waals surface area contributed by atoms with Gasteiger partial charge in [-0.2, -0.15) is 0 Å². The summed E-state index contributed by atoms with van der Waals surface area (Å²) >= 11 is 0. The molecular weight excluding hydrogens is 406 g/mol. The largest absolute Gasteiger partial charge is 0.490 e. The van der Waals surface area contributed by atoms with Gasteiger partial charge < -0.3 is 9.47 Å². The number of hydrogen-bond acceptors (Lipinski definition) is 3. The second-order valence-corrected chi connectivity index (χ2v) is 10.5. The number of benzene rings is 2. The average Bonchev–Trinajstić information content (AvgIpc) is 3.47.